The number of halogens is 4. The topological polar surface area (TPSA) is 213 Å². The van der Waals surface area contributed by atoms with Crippen LogP contribution >= 0.6 is 0 Å². The molecule has 4 aliphatic carbocycles. The molecule has 80 heavy (non-hydrogen) atoms. The molecule has 4 N–H and O–H groups in total. The summed E-state index contributed by atoms with van der Waals surface area (Å²) in [5.41, 5.74) is 7.31. The van der Waals surface area contributed by atoms with E-state index in [0.717, 1.165) is 82.7 Å². The molecule has 2 spiro atoms. The molecule has 0 saturated carbocycles. The fraction of sp³-hybridized carbons (Fsp3) is 0.365. The van der Waals surface area contributed by atoms with Gasteiger partial charge in [-0.3, -0.25) is 0 Å². The minimum Gasteiger partial charge on any atom is -0.504 e. The van der Waals surface area contributed by atoms with E-state index in [4.69, 9.17) is 29.5 Å². The van der Waals surface area contributed by atoms with Crippen molar-refractivity contribution in [2.75, 3.05) is 14.2 Å². The van der Waals surface area contributed by atoms with E-state index in [2.05, 4.69) is 91.8 Å². The second-order valence-electron chi connectivity index (χ2n) is 23.6. The Morgan fingerprint density at radius 3 is 0.963 bits per heavy atom. The first-order chi connectivity index (χ1) is 36.4. The van der Waals surface area contributed by atoms with Gasteiger partial charge in [-0.15, -0.1) is 0 Å². The first-order valence-electron chi connectivity index (χ1n) is 25.0. The van der Waals surface area contributed by atoms with E-state index in [9.17, 15) is 48.5 Å². The highest BCUT2D eigenvalue weighted by Crippen LogP contribution is 2.67. The number of nitriles is 4. The molecule has 411 valence electrons. The molecule has 0 amide bonds. The third-order valence-electron chi connectivity index (χ3n) is 16.9. The van der Waals surface area contributed by atoms with E-state index >= 15 is 0 Å². The van der Waals surface area contributed by atoms with E-state index in [1.807, 2.05) is 13.8 Å². The highest BCUT2D eigenvalue weighted by Gasteiger charge is 2.59. The van der Waals surface area contributed by atoms with Crippen molar-refractivity contribution < 1.29 is 56.9 Å². The number of phenols is 4. The van der Waals surface area contributed by atoms with Gasteiger partial charge >= 0.3 is 0 Å². The molecule has 5 aliphatic rings. The largest absolute Gasteiger partial charge is 0.504 e. The molecule has 0 bridgehead atoms. The molecular formula is C63H60BF4N4O8. The predicted molar refractivity (Wildman–Crippen MR) is 291 cm³/mol. The summed E-state index contributed by atoms with van der Waals surface area (Å²) in [4.78, 5) is 0. The Labute approximate surface area is 465 Å². The Hall–Kier alpha value is -8.54. The fourth-order valence-corrected chi connectivity index (χ4v) is 13.6. The number of rotatable bonds is 2. The van der Waals surface area contributed by atoms with Crippen LogP contribution in [0.4, 0.5) is 17.6 Å². The minimum atomic E-state index is -1.86. The van der Waals surface area contributed by atoms with Gasteiger partial charge in [0.2, 0.25) is 0 Å². The molecule has 6 aromatic carbocycles. The maximum atomic E-state index is 12.7. The van der Waals surface area contributed by atoms with Gasteiger partial charge in [0.1, 0.15) is 46.5 Å². The zero-order chi connectivity index (χ0) is 57.3. The molecule has 1 heterocycles. The highest BCUT2D eigenvalue weighted by atomic mass is 19.2. The standard InChI is InChI=1S/C33H32N2O4.C21H24O4.C8F4N2.CH4.B/c1-17-18(2)20(14-35)30-29(19(17)13-34)38-27-10-22-24(12-28(27)39-30)33(16-32(22,5)6)15-31(3,4)21-9-25(36-7)26(37-8)11-23(21)33;1-19(2)9-21(13-7-17(24)15(22)5-11(13)19)10-20(3,4)12-6-16(23)18(25)8-14(12)21;9-5-3(1-13)6(10)8(12)4(2-14)7(5)11;;/h9-12H,15-16H2,1-8H3;5-8,22-25H,9-10H2,1-4H3;;1H4;/t33-;;;;/m0..../s1. The molecule has 0 saturated heterocycles. The molecule has 0 fully saturated rings. The van der Waals surface area contributed by atoms with Crippen molar-refractivity contribution in [3.05, 3.63) is 150 Å². The third kappa shape index (κ3) is 8.52. The van der Waals surface area contributed by atoms with Crippen molar-refractivity contribution in [3.8, 4) is 81.8 Å². The summed E-state index contributed by atoms with van der Waals surface area (Å²) >= 11 is 0. The summed E-state index contributed by atoms with van der Waals surface area (Å²) < 4.78 is 75.2. The van der Waals surface area contributed by atoms with Crippen molar-refractivity contribution in [1.29, 1.82) is 21.0 Å². The van der Waals surface area contributed by atoms with Crippen LogP contribution in [0.3, 0.4) is 0 Å². The van der Waals surface area contributed by atoms with Crippen LogP contribution in [0.15, 0.2) is 48.5 Å². The lowest BCUT2D eigenvalue weighted by Gasteiger charge is -2.31. The summed E-state index contributed by atoms with van der Waals surface area (Å²) in [6, 6.07) is 21.6. The monoisotopic (exact) mass is 1090 g/mol. The molecule has 3 radical (unpaired) electrons. The number of benzene rings is 6. The van der Waals surface area contributed by atoms with Crippen LogP contribution < -0.4 is 18.9 Å². The molecular weight excluding hydrogens is 1030 g/mol. The molecule has 0 unspecified atom stereocenters. The van der Waals surface area contributed by atoms with Crippen LogP contribution in [-0.4, -0.2) is 43.1 Å². The van der Waals surface area contributed by atoms with E-state index < -0.39 is 34.4 Å². The zero-order valence-corrected chi connectivity index (χ0v) is 45.7. The van der Waals surface area contributed by atoms with Gasteiger partial charge in [0.15, 0.2) is 80.8 Å². The lowest BCUT2D eigenvalue weighted by Crippen LogP contribution is -2.27. The summed E-state index contributed by atoms with van der Waals surface area (Å²) in [5, 5.41) is 76.5. The molecule has 11 rings (SSSR count). The van der Waals surface area contributed by atoms with E-state index in [-0.39, 0.29) is 71.3 Å². The number of methoxy groups -OCH3 is 2. The van der Waals surface area contributed by atoms with Crippen molar-refractivity contribution in [2.45, 2.75) is 135 Å². The van der Waals surface area contributed by atoms with Crippen molar-refractivity contribution in [2.24, 2.45) is 0 Å². The van der Waals surface area contributed by atoms with E-state index in [1.54, 1.807) is 38.5 Å². The average Bonchev–Trinajstić information content (AvgIpc) is 3.92. The number of hydrogen-bond donors (Lipinski definition) is 4. The first kappa shape index (κ1) is 59.1. The van der Waals surface area contributed by atoms with E-state index in [0.29, 0.717) is 34.1 Å². The quantitative estimate of drug-likeness (QED) is 0.0551. The Morgan fingerprint density at radius 1 is 0.425 bits per heavy atom. The van der Waals surface area contributed by atoms with Crippen molar-refractivity contribution in [3.63, 3.8) is 0 Å². The Morgan fingerprint density at radius 2 is 0.662 bits per heavy atom. The van der Waals surface area contributed by atoms with Crippen LogP contribution in [0, 0.1) is 82.4 Å². The Bertz CT molecular complexity index is 3680. The number of ether oxygens (including phenoxy) is 4. The van der Waals surface area contributed by atoms with Crippen LogP contribution in [0.25, 0.3) is 0 Å². The molecule has 1 aliphatic heterocycles. The zero-order valence-electron chi connectivity index (χ0n) is 45.7. The van der Waals surface area contributed by atoms with Gasteiger partial charge in [0, 0.05) is 19.2 Å². The number of nitrogens with zero attached hydrogens (tertiary/aromatic N) is 4. The van der Waals surface area contributed by atoms with Crippen LogP contribution in [0.5, 0.6) is 57.5 Å². The first-order valence-corrected chi connectivity index (χ1v) is 25.0. The van der Waals surface area contributed by atoms with Gasteiger partial charge < -0.3 is 39.4 Å². The van der Waals surface area contributed by atoms with Crippen molar-refractivity contribution >= 4 is 8.41 Å². The normalized spacial score (nSPS) is 18.2. The maximum absolute atomic E-state index is 12.7. The van der Waals surface area contributed by atoms with E-state index in [1.165, 1.54) is 22.3 Å². The van der Waals surface area contributed by atoms with Crippen LogP contribution in [0.1, 0.15) is 166 Å². The summed E-state index contributed by atoms with van der Waals surface area (Å²) in [6.45, 7) is 21.4. The van der Waals surface area contributed by atoms with Gasteiger partial charge in [-0.25, -0.2) is 17.6 Å². The van der Waals surface area contributed by atoms with Gasteiger partial charge in [-0.2, -0.15) is 21.0 Å². The molecule has 17 heteroatoms. The van der Waals surface area contributed by atoms with Gasteiger partial charge in [-0.1, -0.05) is 62.8 Å². The second kappa shape index (κ2) is 19.7. The van der Waals surface area contributed by atoms with Crippen LogP contribution in [-0.2, 0) is 32.5 Å². The molecule has 0 aromatic heterocycles. The van der Waals surface area contributed by atoms with Gasteiger partial charge in [0.05, 0.1) is 14.2 Å². The minimum absolute atomic E-state index is 0. The molecule has 6 aromatic rings. The Kier molecular flexibility index (Phi) is 14.5. The number of phenolic OH excluding ortho intramolecular Hbond substituents is 4. The second-order valence-corrected chi connectivity index (χ2v) is 23.6. The number of aromatic hydroxyl groups is 4. The summed E-state index contributed by atoms with van der Waals surface area (Å²) in [6.07, 6.45) is 3.48. The van der Waals surface area contributed by atoms with Crippen molar-refractivity contribution in [1.82, 2.24) is 0 Å². The molecule has 12 nitrogen and oxygen atoms in total. The summed E-state index contributed by atoms with van der Waals surface area (Å²) in [7, 11) is 3.35. The maximum Gasteiger partial charge on any atom is 0.189 e. The number of fused-ring (bicyclic) bond motifs is 10. The smallest absolute Gasteiger partial charge is 0.189 e. The third-order valence-corrected chi connectivity index (χ3v) is 16.9. The van der Waals surface area contributed by atoms with Gasteiger partial charge in [0.25, 0.3) is 0 Å². The fourth-order valence-electron chi connectivity index (χ4n) is 13.6. The van der Waals surface area contributed by atoms with Crippen LogP contribution in [0.2, 0.25) is 0 Å². The predicted octanol–water partition coefficient (Wildman–Crippen LogP) is 14.0. The highest BCUT2D eigenvalue weighted by molar-refractivity contribution is 5.76. The molecule has 1 atom stereocenters. The summed E-state index contributed by atoms with van der Waals surface area (Å²) in [5.74, 6) is -4.65. The lowest BCUT2D eigenvalue weighted by molar-refractivity contribution is 0.347. The lowest BCUT2D eigenvalue weighted by atomic mass is 9.72. The number of hydrogen-bond acceptors (Lipinski definition) is 12. The van der Waals surface area contributed by atoms with Gasteiger partial charge in [-0.05, 0) is 165 Å². The SMILES string of the molecule is C.CC1(C)CC2(CC(C)(C)c3cc(O)c(O)cc32)c2cc(O)c(O)cc21.COc1cc2c(cc1OC)[C@]1(CC2(C)C)CC(C)(C)c2cc3c(cc21)Oc1c(C#N)c(C)c(C)c(C#N)c1O3.N#Cc1c(F)c(F)c(C#N)c(F)c1F.[B]. The Balaban J connectivity index is 0.000000193. The average molecular weight is 1090 g/mol.